The summed E-state index contributed by atoms with van der Waals surface area (Å²) in [6.07, 6.45) is 5.23. The molecule has 1 heterocycles. The van der Waals surface area contributed by atoms with E-state index >= 15 is 0 Å². The van der Waals surface area contributed by atoms with Gasteiger partial charge >= 0.3 is 0 Å². The van der Waals surface area contributed by atoms with Crippen LogP contribution in [-0.4, -0.2) is 59.2 Å². The van der Waals surface area contributed by atoms with Crippen LogP contribution >= 0.6 is 10.7 Å². The molecule has 8 heteroatoms. The number of fused-ring (bicyclic) bond motifs is 1. The Morgan fingerprint density at radius 3 is 2.60 bits per heavy atom. The fraction of sp³-hybridized carbons (Fsp3) is 0.444. The number of nitrogens with one attached hydrogen (secondary N) is 1. The summed E-state index contributed by atoms with van der Waals surface area (Å²) < 4.78 is 9.72. The number of benzene rings is 2. The van der Waals surface area contributed by atoms with Crippen molar-refractivity contribution in [1.29, 1.82) is 0 Å². The van der Waals surface area contributed by atoms with Gasteiger partial charge in [0.15, 0.2) is 0 Å². The Kier molecular flexibility index (Phi) is 7.94. The van der Waals surface area contributed by atoms with Crippen LogP contribution in [0.3, 0.4) is 0 Å². The van der Waals surface area contributed by atoms with Crippen molar-refractivity contribution in [2.24, 2.45) is 0 Å². The van der Waals surface area contributed by atoms with Crippen molar-refractivity contribution in [2.75, 3.05) is 30.8 Å². The van der Waals surface area contributed by atoms with Gasteiger partial charge in [0.1, 0.15) is 5.69 Å². The van der Waals surface area contributed by atoms with E-state index in [0.29, 0.717) is 24.6 Å². The summed E-state index contributed by atoms with van der Waals surface area (Å²) in [5.41, 5.74) is 5.56. The molecule has 4 rings (SSSR count). The summed E-state index contributed by atoms with van der Waals surface area (Å²) in [5, 5.41) is 18.0. The van der Waals surface area contributed by atoms with E-state index in [-0.39, 0.29) is 29.3 Å². The van der Waals surface area contributed by atoms with Crippen molar-refractivity contribution < 1.29 is 14.6 Å². The topological polar surface area (TPSA) is 79.6 Å². The lowest BCUT2D eigenvalue weighted by atomic mass is 10.0. The number of hydrogen-bond donors (Lipinski definition) is 2. The first kappa shape index (κ1) is 25.4. The Morgan fingerprint density at radius 1 is 1.31 bits per heavy atom. The Morgan fingerprint density at radius 2 is 2.03 bits per heavy atom. The number of aliphatic hydroxyl groups is 1. The van der Waals surface area contributed by atoms with Crippen LogP contribution in [0, 0.1) is 0 Å². The zero-order valence-electron chi connectivity index (χ0n) is 21.1. The van der Waals surface area contributed by atoms with Gasteiger partial charge in [0.05, 0.1) is 29.6 Å². The molecule has 1 aliphatic rings. The number of hydrogen-bond acceptors (Lipinski definition) is 5. The highest BCUT2D eigenvalue weighted by Gasteiger charge is 2.30. The van der Waals surface area contributed by atoms with Gasteiger partial charge in [-0.1, -0.05) is 18.0 Å². The summed E-state index contributed by atoms with van der Waals surface area (Å²) >= 11 is 0. The predicted octanol–water partition coefficient (Wildman–Crippen LogP) is 4.62. The third-order valence-electron chi connectivity index (χ3n) is 6.21. The van der Waals surface area contributed by atoms with E-state index in [1.165, 1.54) is 5.56 Å². The maximum Gasteiger partial charge on any atom is 0.270 e. The molecule has 0 spiro atoms. The van der Waals surface area contributed by atoms with Gasteiger partial charge in [-0.2, -0.15) is 5.10 Å². The first-order valence-electron chi connectivity index (χ1n) is 12.2. The summed E-state index contributed by atoms with van der Waals surface area (Å²) in [5.74, 6) is 4.60. The molecule has 2 N–H and O–H groups in total. The molecule has 1 atom stereocenters. The quantitative estimate of drug-likeness (QED) is 0.379. The average molecular weight is 497 g/mol. The largest absolute Gasteiger partial charge is 0.396 e. The van der Waals surface area contributed by atoms with E-state index in [9.17, 15) is 9.90 Å². The number of carbonyl (C=O) groups is 1. The van der Waals surface area contributed by atoms with Crippen molar-refractivity contribution in [3.05, 3.63) is 53.2 Å². The van der Waals surface area contributed by atoms with Gasteiger partial charge in [0.25, 0.3) is 5.91 Å². The van der Waals surface area contributed by atoms with E-state index in [0.717, 1.165) is 47.2 Å². The molecule has 1 fully saturated rings. The number of rotatable bonds is 11. The molecular weight excluding hydrogens is 460 g/mol. The molecule has 1 aliphatic carbocycles. The Balaban J connectivity index is 1.83. The van der Waals surface area contributed by atoms with Crippen LogP contribution in [0.2, 0.25) is 0 Å². The Labute approximate surface area is 210 Å². The Bertz CT molecular complexity index is 1220. The summed E-state index contributed by atoms with van der Waals surface area (Å²) in [6.45, 7) is 5.45. The molecule has 1 amide bonds. The third-order valence-corrected chi connectivity index (χ3v) is 7.34. The lowest BCUT2D eigenvalue weighted by molar-refractivity contribution is 0.0657. The van der Waals surface area contributed by atoms with E-state index < -0.39 is 0 Å². The van der Waals surface area contributed by atoms with Crippen LogP contribution in [0.1, 0.15) is 60.6 Å². The third kappa shape index (κ3) is 5.60. The van der Waals surface area contributed by atoms with Crippen molar-refractivity contribution in [2.45, 2.75) is 51.7 Å². The number of carbonyl (C=O) groups excluding carboxylic acids is 1. The van der Waals surface area contributed by atoms with Crippen LogP contribution in [-0.2, 0) is 11.3 Å². The van der Waals surface area contributed by atoms with Crippen LogP contribution in [0.5, 0.6) is 0 Å². The van der Waals surface area contributed by atoms with Gasteiger partial charge in [-0.05, 0) is 80.7 Å². The molecule has 0 saturated heterocycles. The summed E-state index contributed by atoms with van der Waals surface area (Å²) in [7, 11) is 1.39. The molecule has 1 aromatic heterocycles. The van der Waals surface area contributed by atoms with Crippen LogP contribution in [0.15, 0.2) is 36.4 Å². The van der Waals surface area contributed by atoms with E-state index in [1.54, 1.807) is 11.7 Å². The first-order valence-corrected chi connectivity index (χ1v) is 13.9. The summed E-state index contributed by atoms with van der Waals surface area (Å²) in [6, 6.07) is 12.2. The molecule has 35 heavy (non-hydrogen) atoms. The van der Waals surface area contributed by atoms with E-state index in [1.807, 2.05) is 38.1 Å². The maximum atomic E-state index is 13.1. The lowest BCUT2D eigenvalue weighted by Gasteiger charge is -2.28. The number of ether oxygens (including phenoxy) is 1. The van der Waals surface area contributed by atoms with Gasteiger partial charge in [0, 0.05) is 25.6 Å². The monoisotopic (exact) mass is 496 g/mol. The van der Waals surface area contributed by atoms with Gasteiger partial charge < -0.3 is 19.5 Å². The molecule has 1 saturated carbocycles. The highest BCUT2D eigenvalue weighted by molar-refractivity contribution is 8.14. The molecule has 0 radical (unpaired) electrons. The highest BCUT2D eigenvalue weighted by atomic mass is 32.2. The fourth-order valence-corrected chi connectivity index (χ4v) is 5.19. The van der Waals surface area contributed by atoms with Crippen molar-refractivity contribution in [3.63, 3.8) is 0 Å². The van der Waals surface area contributed by atoms with Crippen LogP contribution in [0.4, 0.5) is 5.69 Å². The number of aliphatic hydroxyl groups excluding tert-OH is 1. The molecule has 1 unspecified atom stereocenters. The minimum Gasteiger partial charge on any atom is -0.396 e. The average Bonchev–Trinajstić information content (AvgIpc) is 3.62. The van der Waals surface area contributed by atoms with Gasteiger partial charge in [-0.3, -0.25) is 4.79 Å². The van der Waals surface area contributed by atoms with E-state index in [4.69, 9.17) is 9.84 Å². The molecular formula is C27H36N4O3S. The van der Waals surface area contributed by atoms with Gasteiger partial charge in [-0.25, -0.2) is 4.68 Å². The zero-order valence-corrected chi connectivity index (χ0v) is 21.9. The first-order chi connectivity index (χ1) is 16.8. The van der Waals surface area contributed by atoms with Gasteiger partial charge in [-0.15, -0.1) is 10.7 Å². The second-order valence-corrected chi connectivity index (χ2v) is 11.0. The van der Waals surface area contributed by atoms with E-state index in [2.05, 4.69) is 33.9 Å². The molecule has 2 aromatic carbocycles. The van der Waals surface area contributed by atoms with Crippen molar-refractivity contribution >= 4 is 39.0 Å². The molecule has 7 nitrogen and oxygen atoms in total. The number of aromatic nitrogens is 2. The maximum absolute atomic E-state index is 13.1. The highest BCUT2D eigenvalue weighted by Crippen LogP contribution is 2.47. The van der Waals surface area contributed by atoms with Crippen molar-refractivity contribution in [1.82, 2.24) is 15.1 Å². The second kappa shape index (κ2) is 10.9. The normalized spacial score (nSPS) is 14.5. The zero-order chi connectivity index (χ0) is 25.1. The van der Waals surface area contributed by atoms with Crippen LogP contribution < -0.4 is 9.62 Å². The number of amides is 1. The lowest BCUT2D eigenvalue weighted by Crippen LogP contribution is -2.22. The molecule has 3 aromatic rings. The molecule has 188 valence electrons. The fourth-order valence-electron chi connectivity index (χ4n) is 4.25. The Hall–Kier alpha value is -2.68. The van der Waals surface area contributed by atoms with Crippen molar-refractivity contribution in [3.8, 4) is 5.69 Å². The second-order valence-electron chi connectivity index (χ2n) is 9.35. The van der Waals surface area contributed by atoms with Gasteiger partial charge in [0.2, 0.25) is 0 Å². The smallest absolute Gasteiger partial charge is 0.270 e. The van der Waals surface area contributed by atoms with Crippen LogP contribution in [0.25, 0.3) is 16.6 Å². The number of nitrogens with zero attached hydrogens (tertiary/aromatic N) is 3. The summed E-state index contributed by atoms with van der Waals surface area (Å²) in [4.78, 5) is 13.1. The minimum atomic E-state index is -0.254. The number of anilines is 1. The SMILES string of the molecule is C=S(C)N(CCCO)c1cc2nn(-c3ccc(COC(C)C)cc3)c(C(=O)NC)c2cc1C1CC1. The molecule has 0 aliphatic heterocycles. The minimum absolute atomic E-state index is 0.141. The standard InChI is InChI=1S/C27H36N4O3S/c1-18(2)34-17-19-7-11-21(12-8-19)31-26(27(33)28-3)23-15-22(20-9-10-20)25(16-24(23)29-31)30(35(4)5)13-6-14-32/h7-8,11-12,15-16,18,20,32H,4,6,9-10,13-14,17H2,1-3,5H3,(H,28,33). The molecule has 0 bridgehead atoms. The predicted molar refractivity (Wildman–Crippen MR) is 146 cm³/mol.